The second kappa shape index (κ2) is 10.4. The summed E-state index contributed by atoms with van der Waals surface area (Å²) in [5.41, 5.74) is 0.947. The van der Waals surface area contributed by atoms with Crippen LogP contribution < -0.4 is 0 Å². The first kappa shape index (κ1) is 23.0. The van der Waals surface area contributed by atoms with Crippen molar-refractivity contribution in [3.05, 3.63) is 40.9 Å². The molecule has 0 aliphatic carbocycles. The minimum absolute atomic E-state index is 0.0450. The van der Waals surface area contributed by atoms with Crippen molar-refractivity contribution in [3.63, 3.8) is 0 Å². The molecule has 2 rings (SSSR count). The van der Waals surface area contributed by atoms with Gasteiger partial charge in [-0.3, -0.25) is 9.59 Å². The number of carbonyl (C=O) groups excluding carboxylic acids is 3. The number of thioether (sulfide) groups is 1. The SMILES string of the molecule is COC(=O)/C=C1/SCC(=O)N1CCCOC(=O)CCS(=O)(=O)c1ccc(C)cc1. The molecule has 1 aliphatic rings. The Balaban J connectivity index is 1.75. The van der Waals surface area contributed by atoms with Gasteiger partial charge in [0.2, 0.25) is 5.91 Å². The van der Waals surface area contributed by atoms with Crippen LogP contribution in [-0.2, 0) is 33.7 Å². The average Bonchev–Trinajstić information content (AvgIpc) is 3.03. The van der Waals surface area contributed by atoms with Gasteiger partial charge in [-0.25, -0.2) is 13.2 Å². The number of aryl methyl sites for hydroxylation is 1. The molecule has 0 N–H and O–H groups in total. The first-order chi connectivity index (χ1) is 13.7. The molecule has 0 bridgehead atoms. The van der Waals surface area contributed by atoms with Crippen molar-refractivity contribution < 1.29 is 32.3 Å². The summed E-state index contributed by atoms with van der Waals surface area (Å²) in [5, 5.41) is 0.498. The highest BCUT2D eigenvalue weighted by Crippen LogP contribution is 2.28. The van der Waals surface area contributed by atoms with Gasteiger partial charge >= 0.3 is 11.9 Å². The standard InChI is InChI=1S/C19H23NO7S2/c1-14-4-6-15(7-5-14)29(24,25)11-8-18(22)27-10-3-9-20-16(21)13-28-17(20)12-19(23)26-2/h4-7,12H,3,8-11,13H2,1-2H3/b17-12+. The van der Waals surface area contributed by atoms with Gasteiger partial charge in [-0.1, -0.05) is 29.5 Å². The van der Waals surface area contributed by atoms with E-state index in [9.17, 15) is 22.8 Å². The van der Waals surface area contributed by atoms with Crippen LogP contribution in [0.15, 0.2) is 40.3 Å². The van der Waals surface area contributed by atoms with Gasteiger partial charge in [0, 0.05) is 6.54 Å². The third-order valence-electron chi connectivity index (χ3n) is 4.10. The molecule has 1 aromatic carbocycles. The van der Waals surface area contributed by atoms with Gasteiger partial charge in [-0.05, 0) is 25.5 Å². The van der Waals surface area contributed by atoms with Crippen LogP contribution in [0.2, 0.25) is 0 Å². The maximum atomic E-state index is 12.2. The number of methoxy groups -OCH3 is 1. The van der Waals surface area contributed by atoms with Gasteiger partial charge in [0.1, 0.15) is 0 Å². The van der Waals surface area contributed by atoms with Crippen LogP contribution >= 0.6 is 11.8 Å². The first-order valence-electron chi connectivity index (χ1n) is 8.91. The van der Waals surface area contributed by atoms with Crippen molar-refractivity contribution in [2.75, 3.05) is 31.8 Å². The van der Waals surface area contributed by atoms with E-state index in [0.717, 1.165) is 5.56 Å². The molecule has 0 unspecified atom stereocenters. The third kappa shape index (κ3) is 6.90. The Morgan fingerprint density at radius 3 is 2.59 bits per heavy atom. The van der Waals surface area contributed by atoms with Crippen molar-refractivity contribution in [2.24, 2.45) is 0 Å². The summed E-state index contributed by atoms with van der Waals surface area (Å²) < 4.78 is 34.1. The Kier molecular flexibility index (Phi) is 8.27. The number of hydrogen-bond acceptors (Lipinski definition) is 8. The predicted octanol–water partition coefficient (Wildman–Crippen LogP) is 1.68. The largest absolute Gasteiger partial charge is 0.466 e. The topological polar surface area (TPSA) is 107 Å². The number of benzene rings is 1. The van der Waals surface area contributed by atoms with E-state index in [-0.39, 0.29) is 41.9 Å². The van der Waals surface area contributed by atoms with E-state index in [1.165, 1.54) is 42.0 Å². The van der Waals surface area contributed by atoms with Gasteiger partial charge in [0.05, 0.1) is 47.6 Å². The molecule has 158 valence electrons. The van der Waals surface area contributed by atoms with Crippen LogP contribution in [0.5, 0.6) is 0 Å². The molecule has 1 saturated heterocycles. The van der Waals surface area contributed by atoms with Crippen LogP contribution in [0, 0.1) is 6.92 Å². The van der Waals surface area contributed by atoms with Gasteiger partial charge in [0.15, 0.2) is 9.84 Å². The number of carbonyl (C=O) groups is 3. The fourth-order valence-electron chi connectivity index (χ4n) is 2.49. The molecular weight excluding hydrogens is 418 g/mol. The van der Waals surface area contributed by atoms with Crippen molar-refractivity contribution in [1.29, 1.82) is 0 Å². The predicted molar refractivity (Wildman–Crippen MR) is 108 cm³/mol. The third-order valence-corrected chi connectivity index (χ3v) is 6.85. The molecule has 0 saturated carbocycles. The molecule has 1 aliphatic heterocycles. The molecule has 0 atom stereocenters. The minimum atomic E-state index is -3.55. The lowest BCUT2D eigenvalue weighted by molar-refractivity contribution is -0.143. The summed E-state index contributed by atoms with van der Waals surface area (Å²) in [6.45, 7) is 2.18. The lowest BCUT2D eigenvalue weighted by atomic mass is 10.2. The maximum Gasteiger partial charge on any atom is 0.333 e. The summed E-state index contributed by atoms with van der Waals surface area (Å²) in [7, 11) is -2.30. The van der Waals surface area contributed by atoms with E-state index in [0.29, 0.717) is 11.4 Å². The zero-order chi connectivity index (χ0) is 21.4. The van der Waals surface area contributed by atoms with Gasteiger partial charge in [-0.2, -0.15) is 0 Å². The molecule has 0 radical (unpaired) electrons. The van der Waals surface area contributed by atoms with E-state index < -0.39 is 21.8 Å². The van der Waals surface area contributed by atoms with Crippen LogP contribution in [0.1, 0.15) is 18.4 Å². The molecule has 10 heteroatoms. The average molecular weight is 442 g/mol. The van der Waals surface area contributed by atoms with E-state index in [4.69, 9.17) is 4.74 Å². The van der Waals surface area contributed by atoms with Crippen molar-refractivity contribution in [2.45, 2.75) is 24.7 Å². The highest BCUT2D eigenvalue weighted by atomic mass is 32.2. The Morgan fingerprint density at radius 2 is 1.93 bits per heavy atom. The molecular formula is C19H23NO7S2. The highest BCUT2D eigenvalue weighted by Gasteiger charge is 2.27. The summed E-state index contributed by atoms with van der Waals surface area (Å²) >= 11 is 1.24. The first-order valence-corrected chi connectivity index (χ1v) is 11.5. The molecule has 29 heavy (non-hydrogen) atoms. The van der Waals surface area contributed by atoms with Crippen LogP contribution in [0.3, 0.4) is 0 Å². The second-order valence-corrected chi connectivity index (χ2v) is 9.40. The lowest BCUT2D eigenvalue weighted by Gasteiger charge is -2.16. The fourth-order valence-corrected chi connectivity index (χ4v) is 4.67. The molecule has 0 spiro atoms. The number of hydrogen-bond donors (Lipinski definition) is 0. The van der Waals surface area contributed by atoms with Crippen LogP contribution in [-0.4, -0.2) is 62.9 Å². The van der Waals surface area contributed by atoms with Crippen molar-refractivity contribution >= 4 is 39.4 Å². The number of rotatable bonds is 9. The molecule has 0 aromatic heterocycles. The van der Waals surface area contributed by atoms with E-state index in [1.54, 1.807) is 12.1 Å². The van der Waals surface area contributed by atoms with Gasteiger partial charge in [-0.15, -0.1) is 0 Å². The maximum absolute atomic E-state index is 12.2. The smallest absolute Gasteiger partial charge is 0.333 e. The van der Waals surface area contributed by atoms with Crippen molar-refractivity contribution in [3.8, 4) is 0 Å². The lowest BCUT2D eigenvalue weighted by Crippen LogP contribution is -2.27. The molecule has 1 aromatic rings. The number of ether oxygens (including phenoxy) is 2. The van der Waals surface area contributed by atoms with Crippen LogP contribution in [0.25, 0.3) is 0 Å². The summed E-state index contributed by atoms with van der Waals surface area (Å²) in [5.74, 6) is -1.40. The van der Waals surface area contributed by atoms with E-state index in [2.05, 4.69) is 4.74 Å². The monoisotopic (exact) mass is 441 g/mol. The summed E-state index contributed by atoms with van der Waals surface area (Å²) in [6.07, 6.45) is 1.36. The molecule has 1 amide bonds. The normalized spacial score (nSPS) is 15.6. The van der Waals surface area contributed by atoms with Crippen LogP contribution in [0.4, 0.5) is 0 Å². The Bertz CT molecular complexity index is 892. The zero-order valence-electron chi connectivity index (χ0n) is 16.3. The summed E-state index contributed by atoms with van der Waals surface area (Å²) in [4.78, 5) is 36.7. The zero-order valence-corrected chi connectivity index (χ0v) is 17.9. The number of nitrogens with zero attached hydrogens (tertiary/aromatic N) is 1. The minimum Gasteiger partial charge on any atom is -0.466 e. The highest BCUT2D eigenvalue weighted by molar-refractivity contribution is 8.04. The van der Waals surface area contributed by atoms with E-state index >= 15 is 0 Å². The molecule has 1 heterocycles. The fraction of sp³-hybridized carbons (Fsp3) is 0.421. The quantitative estimate of drug-likeness (QED) is 0.324. The van der Waals surface area contributed by atoms with Gasteiger partial charge in [0.25, 0.3) is 0 Å². The number of amides is 1. The van der Waals surface area contributed by atoms with E-state index in [1.807, 2.05) is 6.92 Å². The van der Waals surface area contributed by atoms with Gasteiger partial charge < -0.3 is 14.4 Å². The molecule has 1 fully saturated rings. The second-order valence-electron chi connectivity index (χ2n) is 6.30. The Morgan fingerprint density at radius 1 is 1.24 bits per heavy atom. The molecule has 8 nitrogen and oxygen atoms in total. The number of esters is 2. The number of sulfone groups is 1. The van der Waals surface area contributed by atoms with Crippen molar-refractivity contribution in [1.82, 2.24) is 4.90 Å². The summed E-state index contributed by atoms with van der Waals surface area (Å²) in [6, 6.07) is 6.43. The Labute approximate surface area is 174 Å². The Hall–Kier alpha value is -2.33.